The number of halogens is 1. The van der Waals surface area contributed by atoms with E-state index in [1.54, 1.807) is 0 Å². The lowest BCUT2D eigenvalue weighted by Crippen LogP contribution is -2.22. The van der Waals surface area contributed by atoms with Gasteiger partial charge in [0.2, 0.25) is 0 Å². The van der Waals surface area contributed by atoms with Crippen LogP contribution in [0.25, 0.3) is 0 Å². The molecule has 0 bridgehead atoms. The summed E-state index contributed by atoms with van der Waals surface area (Å²) in [6, 6.07) is 12.1. The molecule has 2 rings (SSSR count). The zero-order chi connectivity index (χ0) is 14.7. The van der Waals surface area contributed by atoms with Crippen molar-refractivity contribution in [1.29, 1.82) is 0 Å². The maximum Gasteiger partial charge on any atom is 0.198 e. The average Bonchev–Trinajstić information content (AvgIpc) is 2.40. The van der Waals surface area contributed by atoms with Gasteiger partial charge in [0.15, 0.2) is 5.96 Å². The van der Waals surface area contributed by atoms with Crippen molar-refractivity contribution >= 4 is 29.7 Å². The molecule has 4 heteroatoms. The van der Waals surface area contributed by atoms with Gasteiger partial charge in [0.25, 0.3) is 0 Å². The molecule has 0 fully saturated rings. The Bertz CT molecular complexity index is 663. The van der Waals surface area contributed by atoms with Crippen molar-refractivity contribution in [2.75, 3.05) is 5.32 Å². The number of nitrogens with one attached hydrogen (secondary N) is 1. The molecule has 3 N–H and O–H groups in total. The molecule has 0 amide bonds. The van der Waals surface area contributed by atoms with Crippen molar-refractivity contribution in [2.45, 2.75) is 27.7 Å². The van der Waals surface area contributed by atoms with E-state index in [9.17, 15) is 0 Å². The Hall–Kier alpha value is -2.00. The molecule has 0 heterocycles. The van der Waals surface area contributed by atoms with Crippen molar-refractivity contribution in [3.8, 4) is 0 Å². The number of hydrogen-bond donors (Lipinski definition) is 2. The van der Waals surface area contributed by atoms with E-state index in [1.165, 1.54) is 16.7 Å². The highest BCUT2D eigenvalue weighted by molar-refractivity contribution is 5.95. The molecule has 0 aliphatic rings. The number of anilines is 1. The van der Waals surface area contributed by atoms with Gasteiger partial charge in [-0.2, -0.15) is 0 Å². The summed E-state index contributed by atoms with van der Waals surface area (Å²) in [5.41, 5.74) is 12.7. The first-order valence-corrected chi connectivity index (χ1v) is 6.72. The lowest BCUT2D eigenvalue weighted by atomic mass is 10.1. The second-order valence-corrected chi connectivity index (χ2v) is 5.09. The van der Waals surface area contributed by atoms with E-state index in [0.29, 0.717) is 5.96 Å². The molecule has 0 radical (unpaired) electrons. The van der Waals surface area contributed by atoms with Crippen LogP contribution in [0.5, 0.6) is 0 Å². The van der Waals surface area contributed by atoms with E-state index >= 15 is 0 Å². The Balaban J connectivity index is 0.00000220. The molecule has 112 valence electrons. The van der Waals surface area contributed by atoms with Crippen molar-refractivity contribution in [1.82, 2.24) is 0 Å². The average molecular weight is 304 g/mol. The summed E-state index contributed by atoms with van der Waals surface area (Å²) < 4.78 is 0. The quantitative estimate of drug-likeness (QED) is 0.638. The molecule has 0 saturated carbocycles. The van der Waals surface area contributed by atoms with Crippen molar-refractivity contribution in [2.24, 2.45) is 10.7 Å². The first-order chi connectivity index (χ1) is 9.49. The van der Waals surface area contributed by atoms with Gasteiger partial charge in [-0.25, -0.2) is 4.99 Å². The molecule has 0 unspecified atom stereocenters. The van der Waals surface area contributed by atoms with Gasteiger partial charge in [-0.3, -0.25) is 0 Å². The molecule has 0 spiro atoms. The fourth-order valence-electron chi connectivity index (χ4n) is 2.04. The Morgan fingerprint density at radius 3 is 2.14 bits per heavy atom. The minimum absolute atomic E-state index is 0. The van der Waals surface area contributed by atoms with Crippen LogP contribution in [0.2, 0.25) is 0 Å². The Morgan fingerprint density at radius 2 is 1.48 bits per heavy atom. The number of nitrogens with two attached hydrogens (primary N) is 1. The molecule has 0 saturated heterocycles. The van der Waals surface area contributed by atoms with Crippen LogP contribution in [-0.4, -0.2) is 5.96 Å². The van der Waals surface area contributed by atoms with Gasteiger partial charge < -0.3 is 11.1 Å². The predicted octanol–water partition coefficient (Wildman–Crippen LogP) is 4.40. The molecule has 0 atom stereocenters. The molecule has 0 aliphatic carbocycles. The third-order valence-corrected chi connectivity index (χ3v) is 3.68. The summed E-state index contributed by atoms with van der Waals surface area (Å²) in [7, 11) is 0. The van der Waals surface area contributed by atoms with E-state index in [4.69, 9.17) is 5.73 Å². The molecule has 2 aromatic rings. The van der Waals surface area contributed by atoms with E-state index in [2.05, 4.69) is 50.1 Å². The number of guanidine groups is 1. The first kappa shape index (κ1) is 17.1. The summed E-state index contributed by atoms with van der Waals surface area (Å²) in [6.45, 7) is 8.28. The summed E-state index contributed by atoms with van der Waals surface area (Å²) in [4.78, 5) is 4.47. The van der Waals surface area contributed by atoms with Crippen LogP contribution in [-0.2, 0) is 0 Å². The monoisotopic (exact) mass is 303 g/mol. The third kappa shape index (κ3) is 3.99. The zero-order valence-corrected chi connectivity index (χ0v) is 13.7. The normalized spacial score (nSPS) is 11.0. The highest BCUT2D eigenvalue weighted by Gasteiger charge is 2.03. The SMILES string of the molecule is Cc1cccc(N=C(N)Nc2cccc(C)c2C)c1C.Cl. The van der Waals surface area contributed by atoms with Crippen molar-refractivity contribution in [3.63, 3.8) is 0 Å². The molecule has 3 nitrogen and oxygen atoms in total. The Kier molecular flexibility index (Phi) is 5.79. The van der Waals surface area contributed by atoms with Crippen LogP contribution < -0.4 is 11.1 Å². The van der Waals surface area contributed by atoms with Crippen LogP contribution in [0.1, 0.15) is 22.3 Å². The summed E-state index contributed by atoms with van der Waals surface area (Å²) in [5, 5.41) is 3.17. The van der Waals surface area contributed by atoms with Gasteiger partial charge in [-0.15, -0.1) is 12.4 Å². The van der Waals surface area contributed by atoms with Crippen molar-refractivity contribution in [3.05, 3.63) is 58.7 Å². The second kappa shape index (κ2) is 7.14. The fourth-order valence-corrected chi connectivity index (χ4v) is 2.04. The van der Waals surface area contributed by atoms with E-state index in [0.717, 1.165) is 16.9 Å². The predicted molar refractivity (Wildman–Crippen MR) is 94.0 cm³/mol. The van der Waals surface area contributed by atoms with Gasteiger partial charge in [0.05, 0.1) is 5.69 Å². The highest BCUT2D eigenvalue weighted by Crippen LogP contribution is 2.22. The minimum atomic E-state index is 0. The zero-order valence-electron chi connectivity index (χ0n) is 12.9. The van der Waals surface area contributed by atoms with Gasteiger partial charge in [0.1, 0.15) is 0 Å². The standard InChI is InChI=1S/C17H21N3.ClH/c1-11-7-5-9-15(13(11)3)19-17(18)20-16-10-6-8-12(2)14(16)4;/h5-10H,1-4H3,(H3,18,19,20);1H. The molecule has 0 aliphatic heterocycles. The van der Waals surface area contributed by atoms with Gasteiger partial charge in [-0.05, 0) is 62.1 Å². The van der Waals surface area contributed by atoms with Gasteiger partial charge >= 0.3 is 0 Å². The summed E-state index contributed by atoms with van der Waals surface area (Å²) in [6.07, 6.45) is 0. The van der Waals surface area contributed by atoms with Crippen LogP contribution >= 0.6 is 12.4 Å². The van der Waals surface area contributed by atoms with Crippen LogP contribution in [0.15, 0.2) is 41.4 Å². The second-order valence-electron chi connectivity index (χ2n) is 5.09. The van der Waals surface area contributed by atoms with Crippen molar-refractivity contribution < 1.29 is 0 Å². The number of benzene rings is 2. The Labute approximate surface area is 132 Å². The summed E-state index contributed by atoms with van der Waals surface area (Å²) in [5.74, 6) is 0.410. The lowest BCUT2D eigenvalue weighted by molar-refractivity contribution is 1.29. The molecule has 2 aromatic carbocycles. The molecule has 21 heavy (non-hydrogen) atoms. The number of nitrogens with zero attached hydrogens (tertiary/aromatic N) is 1. The first-order valence-electron chi connectivity index (χ1n) is 6.72. The van der Waals surface area contributed by atoms with E-state index in [1.807, 2.05) is 24.3 Å². The molecular weight excluding hydrogens is 282 g/mol. The summed E-state index contributed by atoms with van der Waals surface area (Å²) >= 11 is 0. The number of hydrogen-bond acceptors (Lipinski definition) is 1. The Morgan fingerprint density at radius 1 is 0.905 bits per heavy atom. The smallest absolute Gasteiger partial charge is 0.198 e. The molecular formula is C17H22ClN3. The van der Waals surface area contributed by atoms with Gasteiger partial charge in [-0.1, -0.05) is 24.3 Å². The van der Waals surface area contributed by atoms with Crippen LogP contribution in [0.4, 0.5) is 11.4 Å². The topological polar surface area (TPSA) is 50.4 Å². The maximum absolute atomic E-state index is 6.01. The van der Waals surface area contributed by atoms with Crippen LogP contribution in [0, 0.1) is 27.7 Å². The van der Waals surface area contributed by atoms with Gasteiger partial charge in [0, 0.05) is 5.69 Å². The maximum atomic E-state index is 6.01. The fraction of sp³-hybridized carbons (Fsp3) is 0.235. The minimum Gasteiger partial charge on any atom is -0.369 e. The lowest BCUT2D eigenvalue weighted by Gasteiger charge is -2.11. The highest BCUT2D eigenvalue weighted by atomic mass is 35.5. The van der Waals surface area contributed by atoms with E-state index in [-0.39, 0.29) is 12.4 Å². The third-order valence-electron chi connectivity index (χ3n) is 3.68. The number of aryl methyl sites for hydroxylation is 2. The number of aliphatic imine (C=N–C) groups is 1. The largest absolute Gasteiger partial charge is 0.369 e. The number of rotatable bonds is 2. The van der Waals surface area contributed by atoms with E-state index < -0.39 is 0 Å². The van der Waals surface area contributed by atoms with Crippen LogP contribution in [0.3, 0.4) is 0 Å². The molecule has 0 aromatic heterocycles.